The molecule has 0 bridgehead atoms. The van der Waals surface area contributed by atoms with E-state index in [0.717, 1.165) is 48.8 Å². The van der Waals surface area contributed by atoms with Gasteiger partial charge in [0.1, 0.15) is 18.0 Å². The Morgan fingerprint density at radius 2 is 1.88 bits per heavy atom. The zero-order valence-corrected chi connectivity index (χ0v) is 15.0. The van der Waals surface area contributed by atoms with Crippen LogP contribution in [0, 0.1) is 5.92 Å². The number of aromatic amines is 1. The van der Waals surface area contributed by atoms with Crippen LogP contribution in [0.15, 0.2) is 29.5 Å². The van der Waals surface area contributed by atoms with Gasteiger partial charge in [0.05, 0.1) is 11.6 Å². The van der Waals surface area contributed by atoms with Crippen LogP contribution in [0.5, 0.6) is 0 Å². The minimum atomic E-state index is -0.0515. The van der Waals surface area contributed by atoms with Crippen molar-refractivity contribution in [2.75, 3.05) is 36.0 Å². The summed E-state index contributed by atoms with van der Waals surface area (Å²) in [5.41, 5.74) is 0.698. The fourth-order valence-corrected chi connectivity index (χ4v) is 3.24. The van der Waals surface area contributed by atoms with Gasteiger partial charge >= 0.3 is 0 Å². The minimum Gasteiger partial charge on any atom is -0.352 e. The topological polar surface area (TPSA) is 95.8 Å². The molecule has 1 fully saturated rings. The number of aromatic nitrogens is 6. The molecule has 1 aliphatic rings. The Morgan fingerprint density at radius 3 is 2.65 bits per heavy atom. The van der Waals surface area contributed by atoms with E-state index in [4.69, 9.17) is 0 Å². The Labute approximate surface area is 150 Å². The third-order valence-corrected chi connectivity index (χ3v) is 4.52. The van der Waals surface area contributed by atoms with Crippen LogP contribution in [0.3, 0.4) is 0 Å². The molecular weight excluding hydrogens is 332 g/mol. The molecule has 1 aliphatic heterocycles. The molecule has 0 radical (unpaired) electrons. The van der Waals surface area contributed by atoms with Crippen LogP contribution < -0.4 is 15.4 Å². The highest BCUT2D eigenvalue weighted by Crippen LogP contribution is 2.23. The zero-order chi connectivity index (χ0) is 18.1. The number of hydrogen-bond acceptors (Lipinski definition) is 7. The summed E-state index contributed by atoms with van der Waals surface area (Å²) in [7, 11) is 0. The highest BCUT2D eigenvalue weighted by Gasteiger charge is 2.21. The van der Waals surface area contributed by atoms with Gasteiger partial charge in [-0.25, -0.2) is 14.6 Å². The largest absolute Gasteiger partial charge is 0.352 e. The summed E-state index contributed by atoms with van der Waals surface area (Å²) in [4.78, 5) is 25.0. The smallest absolute Gasteiger partial charge is 0.266 e. The molecule has 9 heteroatoms. The monoisotopic (exact) mass is 354 g/mol. The summed E-state index contributed by atoms with van der Waals surface area (Å²) in [5.74, 6) is 2.13. The summed E-state index contributed by atoms with van der Waals surface area (Å²) >= 11 is 0. The molecule has 0 aliphatic carbocycles. The Balaban J connectivity index is 1.50. The van der Waals surface area contributed by atoms with Crippen LogP contribution in [0.25, 0.3) is 11.0 Å². The van der Waals surface area contributed by atoms with E-state index in [1.807, 2.05) is 6.07 Å². The standard InChI is InChI=1S/C17H22N8O/c1-12(2)10-25-15(26)4-3-14(22-25)23-5-7-24(8-6-23)17-13-9-20-21-16(13)18-11-19-17/h3-4,9,11-12H,5-8,10H2,1-2H3,(H,18,19,20,21). The van der Waals surface area contributed by atoms with E-state index in [1.54, 1.807) is 23.3 Å². The van der Waals surface area contributed by atoms with Gasteiger partial charge in [-0.2, -0.15) is 10.2 Å². The van der Waals surface area contributed by atoms with Crippen molar-refractivity contribution in [3.63, 3.8) is 0 Å². The fourth-order valence-electron chi connectivity index (χ4n) is 3.24. The Bertz CT molecular complexity index is 955. The second-order valence-corrected chi connectivity index (χ2v) is 6.91. The van der Waals surface area contributed by atoms with Gasteiger partial charge in [-0.3, -0.25) is 9.89 Å². The predicted octanol–water partition coefficient (Wildman–Crippen LogP) is 0.892. The van der Waals surface area contributed by atoms with Crippen molar-refractivity contribution in [2.45, 2.75) is 20.4 Å². The molecular formula is C17H22N8O. The Morgan fingerprint density at radius 1 is 1.12 bits per heavy atom. The van der Waals surface area contributed by atoms with Gasteiger partial charge in [-0.1, -0.05) is 13.8 Å². The van der Waals surface area contributed by atoms with E-state index in [2.05, 4.69) is 48.9 Å². The van der Waals surface area contributed by atoms with Gasteiger partial charge in [0.25, 0.3) is 5.56 Å². The van der Waals surface area contributed by atoms with Gasteiger partial charge in [-0.05, 0) is 12.0 Å². The number of hydrogen-bond donors (Lipinski definition) is 1. The molecule has 0 saturated carbocycles. The molecule has 0 aromatic carbocycles. The summed E-state index contributed by atoms with van der Waals surface area (Å²) in [6, 6.07) is 3.42. The number of nitrogens with zero attached hydrogens (tertiary/aromatic N) is 7. The lowest BCUT2D eigenvalue weighted by Crippen LogP contribution is -2.47. The molecule has 1 N–H and O–H groups in total. The van der Waals surface area contributed by atoms with Gasteiger partial charge < -0.3 is 9.80 Å². The van der Waals surface area contributed by atoms with Crippen molar-refractivity contribution in [2.24, 2.45) is 5.92 Å². The second-order valence-electron chi connectivity index (χ2n) is 6.91. The molecule has 136 valence electrons. The molecule has 0 spiro atoms. The first-order valence-electron chi connectivity index (χ1n) is 8.84. The van der Waals surface area contributed by atoms with Crippen LogP contribution in [-0.2, 0) is 6.54 Å². The van der Waals surface area contributed by atoms with E-state index < -0.39 is 0 Å². The van der Waals surface area contributed by atoms with Crippen molar-refractivity contribution in [3.05, 3.63) is 35.0 Å². The van der Waals surface area contributed by atoms with Crippen LogP contribution >= 0.6 is 0 Å². The lowest BCUT2D eigenvalue weighted by atomic mass is 10.2. The first-order valence-corrected chi connectivity index (χ1v) is 8.84. The fraction of sp³-hybridized carbons (Fsp3) is 0.471. The molecule has 3 aromatic rings. The zero-order valence-electron chi connectivity index (χ0n) is 15.0. The number of H-pyrrole nitrogens is 1. The average Bonchev–Trinajstić information content (AvgIpc) is 3.12. The molecule has 0 unspecified atom stereocenters. The third-order valence-electron chi connectivity index (χ3n) is 4.52. The van der Waals surface area contributed by atoms with Crippen LogP contribution in [0.1, 0.15) is 13.8 Å². The summed E-state index contributed by atoms with van der Waals surface area (Å²) in [5, 5.41) is 12.4. The number of rotatable bonds is 4. The van der Waals surface area contributed by atoms with E-state index in [1.165, 1.54) is 0 Å². The highest BCUT2D eigenvalue weighted by atomic mass is 16.1. The molecule has 4 heterocycles. The lowest BCUT2D eigenvalue weighted by molar-refractivity contribution is 0.461. The minimum absolute atomic E-state index is 0.0515. The lowest BCUT2D eigenvalue weighted by Gasteiger charge is -2.36. The molecule has 9 nitrogen and oxygen atoms in total. The van der Waals surface area contributed by atoms with Crippen molar-refractivity contribution in [1.29, 1.82) is 0 Å². The maximum absolute atomic E-state index is 12.0. The molecule has 0 atom stereocenters. The maximum Gasteiger partial charge on any atom is 0.266 e. The first-order chi connectivity index (χ1) is 12.6. The molecule has 26 heavy (non-hydrogen) atoms. The normalized spacial score (nSPS) is 15.2. The summed E-state index contributed by atoms with van der Waals surface area (Å²) in [6.07, 6.45) is 3.33. The van der Waals surface area contributed by atoms with Crippen molar-refractivity contribution in [1.82, 2.24) is 29.9 Å². The van der Waals surface area contributed by atoms with E-state index in [9.17, 15) is 4.79 Å². The van der Waals surface area contributed by atoms with Gasteiger partial charge in [-0.15, -0.1) is 0 Å². The number of nitrogens with one attached hydrogen (secondary N) is 1. The van der Waals surface area contributed by atoms with Crippen LogP contribution in [-0.4, -0.2) is 56.1 Å². The molecule has 0 amide bonds. The quantitative estimate of drug-likeness (QED) is 0.743. The Hall–Kier alpha value is -2.97. The molecule has 4 rings (SSSR count). The van der Waals surface area contributed by atoms with Gasteiger partial charge in [0.2, 0.25) is 0 Å². The molecule has 3 aromatic heterocycles. The SMILES string of the molecule is CC(C)Cn1nc(N2CCN(c3ncnc4[nH]ncc34)CC2)ccc1=O. The number of fused-ring (bicyclic) bond motifs is 1. The maximum atomic E-state index is 12.0. The van der Waals surface area contributed by atoms with Gasteiger partial charge in [0.15, 0.2) is 5.65 Å². The van der Waals surface area contributed by atoms with Gasteiger partial charge in [0, 0.05) is 38.8 Å². The second kappa shape index (κ2) is 6.74. The summed E-state index contributed by atoms with van der Waals surface area (Å²) in [6.45, 7) is 8.07. The Kier molecular flexibility index (Phi) is 4.27. The first kappa shape index (κ1) is 16.5. The van der Waals surface area contributed by atoms with Crippen molar-refractivity contribution >= 4 is 22.7 Å². The van der Waals surface area contributed by atoms with E-state index >= 15 is 0 Å². The van der Waals surface area contributed by atoms with E-state index in [0.29, 0.717) is 12.5 Å². The number of anilines is 2. The van der Waals surface area contributed by atoms with Crippen molar-refractivity contribution < 1.29 is 0 Å². The summed E-state index contributed by atoms with van der Waals surface area (Å²) < 4.78 is 1.56. The third kappa shape index (κ3) is 3.12. The average molecular weight is 354 g/mol. The predicted molar refractivity (Wildman–Crippen MR) is 99.4 cm³/mol. The molecule has 1 saturated heterocycles. The van der Waals surface area contributed by atoms with Crippen LogP contribution in [0.2, 0.25) is 0 Å². The number of piperazine rings is 1. The van der Waals surface area contributed by atoms with Crippen LogP contribution in [0.4, 0.5) is 11.6 Å². The van der Waals surface area contributed by atoms with Crippen molar-refractivity contribution in [3.8, 4) is 0 Å². The highest BCUT2D eigenvalue weighted by molar-refractivity contribution is 5.86. The van der Waals surface area contributed by atoms with E-state index in [-0.39, 0.29) is 5.56 Å².